The van der Waals surface area contributed by atoms with E-state index in [2.05, 4.69) is 20.3 Å². The van der Waals surface area contributed by atoms with E-state index in [1.807, 2.05) is 0 Å². The number of nitrogens with one attached hydrogen (secondary N) is 1. The van der Waals surface area contributed by atoms with Gasteiger partial charge < -0.3 is 5.32 Å². The van der Waals surface area contributed by atoms with Crippen molar-refractivity contribution in [3.63, 3.8) is 0 Å². The van der Waals surface area contributed by atoms with Crippen LogP contribution >= 0.6 is 0 Å². The Morgan fingerprint density at radius 3 is 2.52 bits per heavy atom. The van der Waals surface area contributed by atoms with Crippen LogP contribution in [0.3, 0.4) is 0 Å². The first-order valence-electron chi connectivity index (χ1n) is 7.57. The smallest absolute Gasteiger partial charge is 0.344 e. The van der Waals surface area contributed by atoms with Crippen molar-refractivity contribution < 1.29 is 22.4 Å². The number of hydrogen-bond acceptors (Lipinski definition) is 5. The van der Waals surface area contributed by atoms with Crippen LogP contribution in [0.1, 0.15) is 5.56 Å². The third kappa shape index (κ3) is 4.25. The van der Waals surface area contributed by atoms with Crippen LogP contribution < -0.4 is 5.32 Å². The van der Waals surface area contributed by atoms with Crippen molar-refractivity contribution in [3.05, 3.63) is 48.0 Å². The fraction of sp³-hybridized carbons (Fsp3) is 0.188. The van der Waals surface area contributed by atoms with Gasteiger partial charge in [0.15, 0.2) is 5.82 Å². The van der Waals surface area contributed by atoms with Crippen LogP contribution in [0.2, 0.25) is 0 Å². The molecular weight excluding hydrogens is 368 g/mol. The molecule has 140 valence electrons. The number of carbonyl (C=O) groups is 1. The van der Waals surface area contributed by atoms with Gasteiger partial charge in [-0.05, 0) is 24.3 Å². The summed E-state index contributed by atoms with van der Waals surface area (Å²) in [5.74, 6) is -2.28. The lowest BCUT2D eigenvalue weighted by molar-refractivity contribution is -0.173. The molecule has 2 aromatic heterocycles. The Hall–Kier alpha value is -3.37. The lowest BCUT2D eigenvalue weighted by Gasteiger charge is -2.11. The summed E-state index contributed by atoms with van der Waals surface area (Å²) < 4.78 is 51.7. The minimum absolute atomic E-state index is 0.208. The standard InChI is InChI=1S/C16H12F4N6O/c1-26-8-12(24-25-26)13-10(7-22-15(27)16(18,19)20)6-21-14(23-13)9-2-4-11(17)5-3-9/h2-6,8H,7H2,1H3,(H,22,27). The van der Waals surface area contributed by atoms with Gasteiger partial charge in [0.1, 0.15) is 17.2 Å². The second kappa shape index (κ2) is 7.09. The molecule has 0 aliphatic heterocycles. The molecule has 2 heterocycles. The lowest BCUT2D eigenvalue weighted by Crippen LogP contribution is -2.36. The highest BCUT2D eigenvalue weighted by Crippen LogP contribution is 2.23. The van der Waals surface area contributed by atoms with Crippen LogP contribution in [-0.2, 0) is 18.4 Å². The maximum Gasteiger partial charge on any atom is 0.471 e. The zero-order valence-electron chi connectivity index (χ0n) is 13.8. The number of benzene rings is 1. The van der Waals surface area contributed by atoms with Gasteiger partial charge in [-0.2, -0.15) is 13.2 Å². The van der Waals surface area contributed by atoms with E-state index in [0.29, 0.717) is 11.3 Å². The number of hydrogen-bond donors (Lipinski definition) is 1. The van der Waals surface area contributed by atoms with E-state index in [9.17, 15) is 22.4 Å². The topological polar surface area (TPSA) is 85.6 Å². The summed E-state index contributed by atoms with van der Waals surface area (Å²) in [5.41, 5.74) is 1.23. The highest BCUT2D eigenvalue weighted by molar-refractivity contribution is 5.81. The molecule has 0 saturated heterocycles. The number of aromatic nitrogens is 5. The average Bonchev–Trinajstić information content (AvgIpc) is 3.05. The molecule has 3 rings (SSSR count). The van der Waals surface area contributed by atoms with Gasteiger partial charge in [0, 0.05) is 30.9 Å². The minimum atomic E-state index is -5.00. The molecule has 1 N–H and O–H groups in total. The molecular formula is C16H12F4N6O. The SMILES string of the molecule is Cn1cc(-c2nc(-c3ccc(F)cc3)ncc2CNC(=O)C(F)(F)F)nn1. The van der Waals surface area contributed by atoms with Gasteiger partial charge in [-0.15, -0.1) is 5.10 Å². The molecule has 7 nitrogen and oxygen atoms in total. The molecule has 0 aliphatic rings. The highest BCUT2D eigenvalue weighted by atomic mass is 19.4. The molecule has 1 amide bonds. The Balaban J connectivity index is 1.97. The second-order valence-corrected chi connectivity index (χ2v) is 5.53. The van der Waals surface area contributed by atoms with Crippen molar-refractivity contribution in [2.75, 3.05) is 0 Å². The Morgan fingerprint density at radius 2 is 1.93 bits per heavy atom. The zero-order valence-corrected chi connectivity index (χ0v) is 13.8. The molecule has 0 bridgehead atoms. The highest BCUT2D eigenvalue weighted by Gasteiger charge is 2.38. The normalized spacial score (nSPS) is 11.4. The van der Waals surface area contributed by atoms with Crippen LogP contribution in [0.4, 0.5) is 17.6 Å². The van der Waals surface area contributed by atoms with Crippen LogP contribution in [0.5, 0.6) is 0 Å². The summed E-state index contributed by atoms with van der Waals surface area (Å²) in [7, 11) is 1.61. The molecule has 11 heteroatoms. The fourth-order valence-electron chi connectivity index (χ4n) is 2.23. The first-order chi connectivity index (χ1) is 12.7. The van der Waals surface area contributed by atoms with Gasteiger partial charge in [-0.25, -0.2) is 14.4 Å². The number of alkyl halides is 3. The Labute approximate surface area is 150 Å². The summed E-state index contributed by atoms with van der Waals surface area (Å²) in [6, 6.07) is 5.41. The van der Waals surface area contributed by atoms with Gasteiger partial charge in [-0.1, -0.05) is 5.21 Å². The number of amides is 1. The van der Waals surface area contributed by atoms with E-state index in [1.165, 1.54) is 41.3 Å². The molecule has 27 heavy (non-hydrogen) atoms. The quantitative estimate of drug-likeness (QED) is 0.702. The van der Waals surface area contributed by atoms with E-state index in [4.69, 9.17) is 0 Å². The largest absolute Gasteiger partial charge is 0.471 e. The van der Waals surface area contributed by atoms with Crippen molar-refractivity contribution in [2.24, 2.45) is 7.05 Å². The van der Waals surface area contributed by atoms with Gasteiger partial charge in [-0.3, -0.25) is 9.48 Å². The van der Waals surface area contributed by atoms with Crippen LogP contribution in [-0.4, -0.2) is 37.0 Å². The predicted octanol–water partition coefficient (Wildman–Crippen LogP) is 2.26. The van der Waals surface area contributed by atoms with Crippen LogP contribution in [0.15, 0.2) is 36.7 Å². The lowest BCUT2D eigenvalue weighted by atomic mass is 10.1. The fourth-order valence-corrected chi connectivity index (χ4v) is 2.23. The van der Waals surface area contributed by atoms with Gasteiger partial charge in [0.2, 0.25) is 0 Å². The van der Waals surface area contributed by atoms with E-state index >= 15 is 0 Å². The third-order valence-electron chi connectivity index (χ3n) is 3.51. The maximum atomic E-state index is 13.1. The van der Waals surface area contributed by atoms with Crippen molar-refractivity contribution in [1.82, 2.24) is 30.3 Å². The van der Waals surface area contributed by atoms with E-state index in [0.717, 1.165) is 0 Å². The Kier molecular flexibility index (Phi) is 4.84. The van der Waals surface area contributed by atoms with E-state index < -0.39 is 24.4 Å². The Bertz CT molecular complexity index is 968. The third-order valence-corrected chi connectivity index (χ3v) is 3.51. The van der Waals surface area contributed by atoms with Crippen LogP contribution in [0, 0.1) is 5.82 Å². The second-order valence-electron chi connectivity index (χ2n) is 5.53. The molecule has 1 aromatic carbocycles. The Morgan fingerprint density at radius 1 is 1.22 bits per heavy atom. The summed E-state index contributed by atoms with van der Waals surface area (Å²) in [5, 5.41) is 9.45. The molecule has 0 fully saturated rings. The molecule has 0 saturated carbocycles. The number of halogens is 4. The molecule has 0 radical (unpaired) electrons. The zero-order chi connectivity index (χ0) is 19.6. The van der Waals surface area contributed by atoms with Gasteiger partial charge in [0.05, 0.1) is 6.20 Å². The van der Waals surface area contributed by atoms with Crippen molar-refractivity contribution in [3.8, 4) is 22.8 Å². The molecule has 0 unspecified atom stereocenters. The number of rotatable bonds is 4. The molecule has 0 spiro atoms. The summed E-state index contributed by atoms with van der Waals surface area (Å²) in [4.78, 5) is 19.5. The van der Waals surface area contributed by atoms with Crippen molar-refractivity contribution in [2.45, 2.75) is 12.7 Å². The first-order valence-corrected chi connectivity index (χ1v) is 7.57. The summed E-state index contributed by atoms with van der Waals surface area (Å²) in [6.07, 6.45) is -2.19. The summed E-state index contributed by atoms with van der Waals surface area (Å²) >= 11 is 0. The number of aryl methyl sites for hydroxylation is 1. The summed E-state index contributed by atoms with van der Waals surface area (Å²) in [6.45, 7) is -0.450. The van der Waals surface area contributed by atoms with Gasteiger partial charge in [0.25, 0.3) is 0 Å². The van der Waals surface area contributed by atoms with E-state index in [1.54, 1.807) is 12.4 Å². The monoisotopic (exact) mass is 380 g/mol. The molecule has 0 aliphatic carbocycles. The van der Waals surface area contributed by atoms with Crippen LogP contribution in [0.25, 0.3) is 22.8 Å². The van der Waals surface area contributed by atoms with E-state index in [-0.39, 0.29) is 17.1 Å². The maximum absolute atomic E-state index is 13.1. The minimum Gasteiger partial charge on any atom is -0.344 e. The molecule has 3 aromatic rings. The number of nitrogens with zero attached hydrogens (tertiary/aromatic N) is 5. The molecule has 0 atom stereocenters. The van der Waals surface area contributed by atoms with Crippen molar-refractivity contribution >= 4 is 5.91 Å². The van der Waals surface area contributed by atoms with Gasteiger partial charge >= 0.3 is 12.1 Å². The predicted molar refractivity (Wildman–Crippen MR) is 85.3 cm³/mol. The number of carbonyl (C=O) groups excluding carboxylic acids is 1. The average molecular weight is 380 g/mol. The first kappa shape index (κ1) is 18.4. The van der Waals surface area contributed by atoms with Crippen molar-refractivity contribution in [1.29, 1.82) is 0 Å².